The lowest BCUT2D eigenvalue weighted by Gasteiger charge is -2.36. The minimum Gasteiger partial charge on any atom is -0.368 e. The number of amides is 1. The highest BCUT2D eigenvalue weighted by Gasteiger charge is 2.21. The molecule has 1 aromatic rings. The third kappa shape index (κ3) is 4.07. The first-order valence-corrected chi connectivity index (χ1v) is 9.02. The van der Waals surface area contributed by atoms with Crippen molar-refractivity contribution < 1.29 is 4.79 Å². The van der Waals surface area contributed by atoms with Crippen molar-refractivity contribution >= 4 is 11.6 Å². The van der Waals surface area contributed by atoms with Crippen LogP contribution in [-0.2, 0) is 4.79 Å². The number of piperidine rings is 1. The van der Waals surface area contributed by atoms with Crippen molar-refractivity contribution in [1.82, 2.24) is 9.80 Å². The Bertz CT molecular complexity index is 596. The number of anilines is 1. The van der Waals surface area contributed by atoms with Crippen molar-refractivity contribution in [3.8, 4) is 6.07 Å². The summed E-state index contributed by atoms with van der Waals surface area (Å²) in [4.78, 5) is 18.9. The molecule has 2 heterocycles. The average Bonchev–Trinajstić information content (AvgIpc) is 2.67. The monoisotopic (exact) mass is 326 g/mol. The van der Waals surface area contributed by atoms with Crippen molar-refractivity contribution in [2.75, 3.05) is 50.7 Å². The van der Waals surface area contributed by atoms with E-state index < -0.39 is 0 Å². The van der Waals surface area contributed by atoms with Gasteiger partial charge in [-0.1, -0.05) is 12.1 Å². The van der Waals surface area contributed by atoms with E-state index in [-0.39, 0.29) is 0 Å². The van der Waals surface area contributed by atoms with Gasteiger partial charge in [-0.25, -0.2) is 0 Å². The first kappa shape index (κ1) is 16.8. The van der Waals surface area contributed by atoms with Crippen molar-refractivity contribution in [2.45, 2.75) is 25.7 Å². The largest absolute Gasteiger partial charge is 0.368 e. The first-order valence-electron chi connectivity index (χ1n) is 9.02. The van der Waals surface area contributed by atoms with Crippen LogP contribution >= 0.6 is 0 Å². The summed E-state index contributed by atoms with van der Waals surface area (Å²) in [6.45, 7) is 6.46. The highest BCUT2D eigenvalue weighted by molar-refractivity contribution is 5.76. The minimum atomic E-state index is 0.312. The van der Waals surface area contributed by atoms with E-state index in [0.717, 1.165) is 69.9 Å². The lowest BCUT2D eigenvalue weighted by Crippen LogP contribution is -2.47. The molecule has 0 atom stereocenters. The second-order valence-electron chi connectivity index (χ2n) is 6.65. The molecule has 0 spiro atoms. The zero-order valence-electron chi connectivity index (χ0n) is 14.3. The fourth-order valence-corrected chi connectivity index (χ4v) is 3.61. The van der Waals surface area contributed by atoms with Crippen LogP contribution in [0.15, 0.2) is 24.3 Å². The molecule has 2 aliphatic rings. The van der Waals surface area contributed by atoms with Crippen LogP contribution in [0.5, 0.6) is 0 Å². The Morgan fingerprint density at radius 1 is 1.00 bits per heavy atom. The number of hydrogen-bond acceptors (Lipinski definition) is 4. The van der Waals surface area contributed by atoms with Gasteiger partial charge >= 0.3 is 0 Å². The second-order valence-corrected chi connectivity index (χ2v) is 6.65. The summed E-state index contributed by atoms with van der Waals surface area (Å²) < 4.78 is 0. The molecule has 2 saturated heterocycles. The Kier molecular flexibility index (Phi) is 5.71. The standard InChI is InChI=1S/C19H26N4O/c20-16-17-6-2-3-7-18(17)22-14-12-21(13-15-22)11-8-19(24)23-9-4-1-5-10-23/h2-3,6-7H,1,4-5,8-15H2. The molecule has 0 aliphatic carbocycles. The fourth-order valence-electron chi connectivity index (χ4n) is 3.61. The molecule has 5 nitrogen and oxygen atoms in total. The van der Waals surface area contributed by atoms with Crippen molar-refractivity contribution in [1.29, 1.82) is 5.26 Å². The van der Waals surface area contributed by atoms with Gasteiger partial charge in [0.1, 0.15) is 6.07 Å². The number of benzene rings is 1. The lowest BCUT2D eigenvalue weighted by atomic mass is 10.1. The first-order chi connectivity index (χ1) is 11.8. The van der Waals surface area contributed by atoms with E-state index in [9.17, 15) is 10.1 Å². The second kappa shape index (κ2) is 8.16. The maximum absolute atomic E-state index is 12.3. The number of nitriles is 1. The molecule has 0 saturated carbocycles. The maximum atomic E-state index is 12.3. The molecule has 24 heavy (non-hydrogen) atoms. The van der Waals surface area contributed by atoms with E-state index in [0.29, 0.717) is 12.3 Å². The third-order valence-corrected chi connectivity index (χ3v) is 5.09. The highest BCUT2D eigenvalue weighted by Crippen LogP contribution is 2.21. The summed E-state index contributed by atoms with van der Waals surface area (Å²) in [5.41, 5.74) is 1.77. The summed E-state index contributed by atoms with van der Waals surface area (Å²) in [6.07, 6.45) is 4.20. The zero-order chi connectivity index (χ0) is 16.8. The molecule has 5 heteroatoms. The Morgan fingerprint density at radius 3 is 2.42 bits per heavy atom. The van der Waals surface area contributed by atoms with Crippen LogP contribution in [0, 0.1) is 11.3 Å². The predicted molar refractivity (Wildman–Crippen MR) is 94.9 cm³/mol. The van der Waals surface area contributed by atoms with Gasteiger partial charge in [-0.05, 0) is 31.4 Å². The molecular formula is C19H26N4O. The van der Waals surface area contributed by atoms with Crippen molar-refractivity contribution in [3.05, 3.63) is 29.8 Å². The van der Waals surface area contributed by atoms with E-state index >= 15 is 0 Å². The van der Waals surface area contributed by atoms with E-state index in [1.54, 1.807) is 0 Å². The summed E-state index contributed by atoms with van der Waals surface area (Å²) in [6, 6.07) is 10.1. The van der Waals surface area contributed by atoms with E-state index in [1.165, 1.54) is 6.42 Å². The SMILES string of the molecule is N#Cc1ccccc1N1CCN(CCC(=O)N2CCCCC2)CC1. The van der Waals surface area contributed by atoms with Crippen molar-refractivity contribution in [3.63, 3.8) is 0 Å². The van der Waals surface area contributed by atoms with Gasteiger partial charge in [0.15, 0.2) is 0 Å². The topological polar surface area (TPSA) is 50.6 Å². The smallest absolute Gasteiger partial charge is 0.223 e. The Morgan fingerprint density at radius 2 is 1.71 bits per heavy atom. The molecule has 0 bridgehead atoms. The number of likely N-dealkylation sites (tertiary alicyclic amines) is 1. The Labute approximate surface area is 144 Å². The number of hydrogen-bond donors (Lipinski definition) is 0. The van der Waals surface area contributed by atoms with Crippen LogP contribution in [0.25, 0.3) is 0 Å². The van der Waals surface area contributed by atoms with E-state index in [4.69, 9.17) is 0 Å². The molecule has 0 aromatic heterocycles. The molecule has 2 aliphatic heterocycles. The van der Waals surface area contributed by atoms with Gasteiger partial charge in [0, 0.05) is 52.2 Å². The number of para-hydroxylation sites is 1. The predicted octanol–water partition coefficient (Wildman–Crippen LogP) is 2.08. The van der Waals surface area contributed by atoms with E-state index in [1.807, 2.05) is 29.2 Å². The molecule has 0 unspecified atom stereocenters. The summed E-state index contributed by atoms with van der Waals surface area (Å²) >= 11 is 0. The van der Waals surface area contributed by atoms with Gasteiger partial charge in [0.25, 0.3) is 0 Å². The molecule has 1 amide bonds. The average molecular weight is 326 g/mol. The molecule has 0 N–H and O–H groups in total. The summed E-state index contributed by atoms with van der Waals surface area (Å²) in [5, 5.41) is 9.24. The maximum Gasteiger partial charge on any atom is 0.223 e. The quantitative estimate of drug-likeness (QED) is 0.850. The van der Waals surface area contributed by atoms with Crippen LogP contribution in [0.4, 0.5) is 5.69 Å². The molecule has 2 fully saturated rings. The summed E-state index contributed by atoms with van der Waals surface area (Å²) in [5.74, 6) is 0.312. The molecule has 3 rings (SSSR count). The zero-order valence-corrected chi connectivity index (χ0v) is 14.3. The van der Waals surface area contributed by atoms with Gasteiger partial charge in [-0.15, -0.1) is 0 Å². The van der Waals surface area contributed by atoms with E-state index in [2.05, 4.69) is 15.9 Å². The number of carbonyl (C=O) groups excluding carboxylic acids is 1. The lowest BCUT2D eigenvalue weighted by molar-refractivity contribution is -0.132. The molecule has 128 valence electrons. The number of rotatable bonds is 4. The van der Waals surface area contributed by atoms with Gasteiger partial charge in [-0.3, -0.25) is 9.69 Å². The molecule has 0 radical (unpaired) electrons. The molecule has 1 aromatic carbocycles. The van der Waals surface area contributed by atoms with Gasteiger partial charge in [-0.2, -0.15) is 5.26 Å². The number of nitrogens with zero attached hydrogens (tertiary/aromatic N) is 4. The number of carbonyl (C=O) groups is 1. The summed E-state index contributed by atoms with van der Waals surface area (Å²) in [7, 11) is 0. The third-order valence-electron chi connectivity index (χ3n) is 5.09. The molecular weight excluding hydrogens is 300 g/mol. The van der Waals surface area contributed by atoms with Gasteiger partial charge < -0.3 is 9.80 Å². The van der Waals surface area contributed by atoms with Crippen molar-refractivity contribution in [2.24, 2.45) is 0 Å². The van der Waals surface area contributed by atoms with Gasteiger partial charge in [0.2, 0.25) is 5.91 Å². The number of piperazine rings is 1. The Hall–Kier alpha value is -2.06. The van der Waals surface area contributed by atoms with Crippen LogP contribution in [0.2, 0.25) is 0 Å². The van der Waals surface area contributed by atoms with Gasteiger partial charge in [0.05, 0.1) is 11.3 Å². The highest BCUT2D eigenvalue weighted by atomic mass is 16.2. The van der Waals surface area contributed by atoms with Crippen LogP contribution < -0.4 is 4.90 Å². The minimum absolute atomic E-state index is 0.312. The van der Waals surface area contributed by atoms with Crippen LogP contribution in [0.3, 0.4) is 0 Å². The fraction of sp³-hybridized carbons (Fsp3) is 0.579. The van der Waals surface area contributed by atoms with Crippen LogP contribution in [0.1, 0.15) is 31.2 Å². The Balaban J connectivity index is 1.45. The van der Waals surface area contributed by atoms with Crippen LogP contribution in [-0.4, -0.2) is 61.5 Å². The normalized spacial score (nSPS) is 19.1.